The molecule has 0 bridgehead atoms. The molecular weight excluding hydrogens is 220 g/mol. The van der Waals surface area contributed by atoms with Gasteiger partial charge >= 0.3 is 0 Å². The van der Waals surface area contributed by atoms with Crippen LogP contribution >= 0.6 is 0 Å². The van der Waals surface area contributed by atoms with Gasteiger partial charge in [-0.05, 0) is 75.4 Å². The third-order valence-corrected chi connectivity index (χ3v) is 4.22. The van der Waals surface area contributed by atoms with Crippen molar-refractivity contribution in [3.63, 3.8) is 0 Å². The van der Waals surface area contributed by atoms with Gasteiger partial charge in [0.15, 0.2) is 0 Å². The summed E-state index contributed by atoms with van der Waals surface area (Å²) in [7, 11) is 0. The van der Waals surface area contributed by atoms with Crippen molar-refractivity contribution < 1.29 is 0 Å². The molecule has 18 heavy (non-hydrogen) atoms. The molecule has 1 saturated heterocycles. The Hall–Kier alpha value is -1.28. The molecule has 3 rings (SSSR count). The predicted octanol–water partition coefficient (Wildman–Crippen LogP) is 3.56. The van der Waals surface area contributed by atoms with E-state index in [4.69, 9.17) is 0 Å². The van der Waals surface area contributed by atoms with Gasteiger partial charge in [0.1, 0.15) is 0 Å². The molecule has 2 nitrogen and oxygen atoms in total. The lowest BCUT2D eigenvalue weighted by Gasteiger charge is -2.23. The molecule has 0 atom stereocenters. The lowest BCUT2D eigenvalue weighted by atomic mass is 9.87. The highest BCUT2D eigenvalue weighted by atomic mass is 14.9. The summed E-state index contributed by atoms with van der Waals surface area (Å²) in [5, 5.41) is 4.93. The van der Waals surface area contributed by atoms with E-state index in [1.165, 1.54) is 40.6 Å². The van der Waals surface area contributed by atoms with Gasteiger partial charge < -0.3 is 10.3 Å². The van der Waals surface area contributed by atoms with Crippen LogP contribution < -0.4 is 5.32 Å². The van der Waals surface area contributed by atoms with E-state index in [0.29, 0.717) is 0 Å². The zero-order chi connectivity index (χ0) is 12.7. The van der Waals surface area contributed by atoms with Crippen LogP contribution in [-0.4, -0.2) is 18.1 Å². The molecule has 0 saturated carbocycles. The van der Waals surface area contributed by atoms with E-state index in [1.807, 2.05) is 0 Å². The zero-order valence-electron chi connectivity index (χ0n) is 11.6. The van der Waals surface area contributed by atoms with Crippen molar-refractivity contribution in [3.05, 3.63) is 34.5 Å². The fourth-order valence-electron chi connectivity index (χ4n) is 3.50. The van der Waals surface area contributed by atoms with Crippen molar-refractivity contribution in [2.24, 2.45) is 0 Å². The second kappa shape index (κ2) is 4.43. The lowest BCUT2D eigenvalue weighted by Crippen LogP contribution is -2.26. The Labute approximate surface area is 109 Å². The molecule has 0 radical (unpaired) electrons. The Morgan fingerprint density at radius 1 is 1.06 bits per heavy atom. The normalized spacial score (nSPS) is 17.5. The van der Waals surface area contributed by atoms with Crippen LogP contribution in [0.5, 0.6) is 0 Å². The molecule has 1 aliphatic heterocycles. The van der Waals surface area contributed by atoms with E-state index in [9.17, 15) is 0 Å². The number of fused-ring (bicyclic) bond motifs is 1. The minimum Gasteiger partial charge on any atom is -0.358 e. The van der Waals surface area contributed by atoms with Gasteiger partial charge in [-0.25, -0.2) is 0 Å². The number of aromatic nitrogens is 1. The maximum atomic E-state index is 3.59. The zero-order valence-corrected chi connectivity index (χ0v) is 11.6. The largest absolute Gasteiger partial charge is 0.358 e. The van der Waals surface area contributed by atoms with Crippen LogP contribution in [0.1, 0.15) is 41.1 Å². The Bertz CT molecular complexity index is 574. The Kier molecular flexibility index (Phi) is 2.90. The number of hydrogen-bond acceptors (Lipinski definition) is 1. The summed E-state index contributed by atoms with van der Waals surface area (Å²) in [6, 6.07) is 4.58. The topological polar surface area (TPSA) is 27.8 Å². The SMILES string of the molecule is Cc1cc(C)c2c(C3CCNCC3)c(C)[nH]c2c1. The summed E-state index contributed by atoms with van der Waals surface area (Å²) in [6.45, 7) is 8.95. The molecule has 2 N–H and O–H groups in total. The summed E-state index contributed by atoms with van der Waals surface area (Å²) in [5.74, 6) is 0.724. The third kappa shape index (κ3) is 1.85. The molecule has 1 aromatic carbocycles. The molecule has 1 aliphatic rings. The van der Waals surface area contributed by atoms with Gasteiger partial charge in [-0.15, -0.1) is 0 Å². The van der Waals surface area contributed by atoms with E-state index in [-0.39, 0.29) is 0 Å². The number of H-pyrrole nitrogens is 1. The molecule has 2 aromatic rings. The lowest BCUT2D eigenvalue weighted by molar-refractivity contribution is 0.461. The van der Waals surface area contributed by atoms with E-state index in [1.54, 1.807) is 5.56 Å². The van der Waals surface area contributed by atoms with Crippen LogP contribution in [0.2, 0.25) is 0 Å². The Balaban J connectivity index is 2.18. The standard InChI is InChI=1S/C16H22N2/c1-10-8-11(2)15-14(9-10)18-12(3)16(15)13-4-6-17-7-5-13/h8-9,13,17-18H,4-7H2,1-3H3. The molecule has 1 aromatic heterocycles. The first-order valence-electron chi connectivity index (χ1n) is 6.97. The van der Waals surface area contributed by atoms with Crippen LogP contribution in [0.3, 0.4) is 0 Å². The summed E-state index contributed by atoms with van der Waals surface area (Å²) in [6.07, 6.45) is 2.53. The molecule has 0 unspecified atom stereocenters. The van der Waals surface area contributed by atoms with Crippen LogP contribution in [0.25, 0.3) is 10.9 Å². The van der Waals surface area contributed by atoms with Crippen LogP contribution in [0.15, 0.2) is 12.1 Å². The fourth-order valence-corrected chi connectivity index (χ4v) is 3.50. The quantitative estimate of drug-likeness (QED) is 0.786. The monoisotopic (exact) mass is 242 g/mol. The van der Waals surface area contributed by atoms with Gasteiger partial charge in [-0.1, -0.05) is 6.07 Å². The number of nitrogens with one attached hydrogen (secondary N) is 2. The summed E-state index contributed by atoms with van der Waals surface area (Å²) in [5.41, 5.74) is 7.02. The van der Waals surface area contributed by atoms with E-state index in [0.717, 1.165) is 19.0 Å². The number of piperidine rings is 1. The summed E-state index contributed by atoms with van der Waals surface area (Å²) < 4.78 is 0. The summed E-state index contributed by atoms with van der Waals surface area (Å²) in [4.78, 5) is 3.59. The van der Waals surface area contributed by atoms with Crippen molar-refractivity contribution in [2.45, 2.75) is 39.5 Å². The molecule has 2 heterocycles. The molecule has 0 spiro atoms. The number of benzene rings is 1. The maximum absolute atomic E-state index is 3.59. The highest BCUT2D eigenvalue weighted by Gasteiger charge is 2.21. The third-order valence-electron chi connectivity index (χ3n) is 4.22. The van der Waals surface area contributed by atoms with E-state index < -0.39 is 0 Å². The Morgan fingerprint density at radius 2 is 1.78 bits per heavy atom. The average molecular weight is 242 g/mol. The van der Waals surface area contributed by atoms with Crippen molar-refractivity contribution in [1.29, 1.82) is 0 Å². The van der Waals surface area contributed by atoms with Gasteiger partial charge in [0.05, 0.1) is 0 Å². The van der Waals surface area contributed by atoms with Gasteiger partial charge in [-0.2, -0.15) is 0 Å². The van der Waals surface area contributed by atoms with Gasteiger partial charge in [-0.3, -0.25) is 0 Å². The number of rotatable bonds is 1. The molecule has 0 aliphatic carbocycles. The maximum Gasteiger partial charge on any atom is 0.0464 e. The van der Waals surface area contributed by atoms with Crippen LogP contribution in [0.4, 0.5) is 0 Å². The van der Waals surface area contributed by atoms with Crippen molar-refractivity contribution in [1.82, 2.24) is 10.3 Å². The van der Waals surface area contributed by atoms with Gasteiger partial charge in [0, 0.05) is 16.6 Å². The predicted molar refractivity (Wildman–Crippen MR) is 77.4 cm³/mol. The number of aromatic amines is 1. The average Bonchev–Trinajstić information content (AvgIpc) is 2.66. The van der Waals surface area contributed by atoms with E-state index >= 15 is 0 Å². The molecule has 0 amide bonds. The van der Waals surface area contributed by atoms with Crippen molar-refractivity contribution in [3.8, 4) is 0 Å². The van der Waals surface area contributed by atoms with Gasteiger partial charge in [0.2, 0.25) is 0 Å². The van der Waals surface area contributed by atoms with Gasteiger partial charge in [0.25, 0.3) is 0 Å². The second-order valence-corrected chi connectivity index (χ2v) is 5.69. The molecule has 1 fully saturated rings. The van der Waals surface area contributed by atoms with Crippen molar-refractivity contribution >= 4 is 10.9 Å². The van der Waals surface area contributed by atoms with E-state index in [2.05, 4.69) is 43.2 Å². The summed E-state index contributed by atoms with van der Waals surface area (Å²) >= 11 is 0. The first-order valence-corrected chi connectivity index (χ1v) is 6.97. The smallest absolute Gasteiger partial charge is 0.0464 e. The fraction of sp³-hybridized carbons (Fsp3) is 0.500. The molecule has 2 heteroatoms. The molecule has 96 valence electrons. The van der Waals surface area contributed by atoms with Crippen LogP contribution in [-0.2, 0) is 0 Å². The van der Waals surface area contributed by atoms with Crippen molar-refractivity contribution in [2.75, 3.05) is 13.1 Å². The number of aryl methyl sites for hydroxylation is 3. The first-order chi connectivity index (χ1) is 8.66. The Morgan fingerprint density at radius 3 is 2.50 bits per heavy atom. The minimum atomic E-state index is 0.724. The second-order valence-electron chi connectivity index (χ2n) is 5.69. The van der Waals surface area contributed by atoms with Crippen LogP contribution in [0, 0.1) is 20.8 Å². The molecular formula is C16H22N2. The minimum absolute atomic E-state index is 0.724. The first kappa shape index (κ1) is 11.8. The highest BCUT2D eigenvalue weighted by Crippen LogP contribution is 2.36. The highest BCUT2D eigenvalue weighted by molar-refractivity contribution is 5.89. The number of hydrogen-bond donors (Lipinski definition) is 2.